The summed E-state index contributed by atoms with van der Waals surface area (Å²) in [5, 5.41) is 12.8. The average molecular weight is 431 g/mol. The van der Waals surface area contributed by atoms with Crippen molar-refractivity contribution in [2.24, 2.45) is 16.8 Å². The number of nitrogens with zero attached hydrogens (tertiary/aromatic N) is 3. The van der Waals surface area contributed by atoms with Crippen LogP contribution in [0.5, 0.6) is 0 Å². The molecule has 1 aromatic rings. The van der Waals surface area contributed by atoms with Gasteiger partial charge in [0.1, 0.15) is 12.2 Å². The van der Waals surface area contributed by atoms with Gasteiger partial charge in [-0.15, -0.1) is 0 Å². The number of likely N-dealkylation sites (tertiary alicyclic amines) is 1. The number of furan rings is 1. The van der Waals surface area contributed by atoms with Crippen molar-refractivity contribution in [3.8, 4) is 6.07 Å². The van der Waals surface area contributed by atoms with Crippen molar-refractivity contribution in [1.82, 2.24) is 10.2 Å². The van der Waals surface area contributed by atoms with E-state index in [1.54, 1.807) is 6.21 Å². The summed E-state index contributed by atoms with van der Waals surface area (Å²) in [5.74, 6) is 3.05. The quantitative estimate of drug-likeness (QED) is 0.736. The molecule has 1 N–H and O–H groups in total. The van der Waals surface area contributed by atoms with Crippen LogP contribution < -0.4 is 5.32 Å². The largest absolute Gasteiger partial charge is 0.444 e. The molecule has 0 bridgehead atoms. The second kappa shape index (κ2) is 7.35. The van der Waals surface area contributed by atoms with Gasteiger partial charge in [-0.3, -0.25) is 15.2 Å². The zero-order valence-electron chi connectivity index (χ0n) is 15.6. The van der Waals surface area contributed by atoms with Crippen LogP contribution in [0.3, 0.4) is 0 Å². The molecule has 2 aliphatic carbocycles. The Morgan fingerprint density at radius 1 is 1.15 bits per heavy atom. The molecule has 0 aromatic carbocycles. The Labute approximate surface area is 169 Å². The molecule has 27 heavy (non-hydrogen) atoms. The number of aliphatic imine (C=N–C) groups is 1. The smallest absolute Gasteiger partial charge is 0.204 e. The zero-order valence-corrected chi connectivity index (χ0v) is 17.2. The van der Waals surface area contributed by atoms with E-state index in [1.807, 2.05) is 6.07 Å². The van der Waals surface area contributed by atoms with Crippen molar-refractivity contribution in [3.63, 3.8) is 0 Å². The van der Waals surface area contributed by atoms with E-state index in [2.05, 4.69) is 37.2 Å². The fourth-order valence-electron chi connectivity index (χ4n) is 5.73. The van der Waals surface area contributed by atoms with Crippen molar-refractivity contribution >= 4 is 22.1 Å². The van der Waals surface area contributed by atoms with Crippen LogP contribution in [0.4, 0.5) is 0 Å². The standard InChI is InChI=1S/C21H27BrN4O/c22-20-18-8-17(9-23)27-19(18)10-24-21(20)25-15-4-6-16(7-5-15)26-11-13-2-1-3-14(13)12-26/h8,10,13-16,20-21,25H,1-7,11-12H2. The van der Waals surface area contributed by atoms with Gasteiger partial charge in [-0.1, -0.05) is 22.4 Å². The highest BCUT2D eigenvalue weighted by Crippen LogP contribution is 2.40. The van der Waals surface area contributed by atoms with E-state index in [9.17, 15) is 0 Å². The maximum atomic E-state index is 9.04. The summed E-state index contributed by atoms with van der Waals surface area (Å²) in [6.45, 7) is 2.71. The normalized spacial score (nSPS) is 38.5. The maximum Gasteiger partial charge on any atom is 0.204 e. The molecule has 5 rings (SSSR count). The monoisotopic (exact) mass is 430 g/mol. The van der Waals surface area contributed by atoms with E-state index in [-0.39, 0.29) is 11.0 Å². The number of nitrogens with one attached hydrogen (secondary N) is 1. The van der Waals surface area contributed by atoms with Crippen molar-refractivity contribution in [2.45, 2.75) is 68.0 Å². The Morgan fingerprint density at radius 2 is 1.89 bits per heavy atom. The molecule has 0 spiro atoms. The van der Waals surface area contributed by atoms with E-state index < -0.39 is 0 Å². The summed E-state index contributed by atoms with van der Waals surface area (Å²) in [5.41, 5.74) is 1.02. The first-order chi connectivity index (χ1) is 13.2. The van der Waals surface area contributed by atoms with Crippen molar-refractivity contribution in [3.05, 3.63) is 23.2 Å². The van der Waals surface area contributed by atoms with Gasteiger partial charge in [0.2, 0.25) is 5.76 Å². The number of fused-ring (bicyclic) bond motifs is 2. The Morgan fingerprint density at radius 3 is 2.59 bits per heavy atom. The van der Waals surface area contributed by atoms with E-state index in [0.717, 1.165) is 23.4 Å². The minimum atomic E-state index is 0.00864. The maximum absolute atomic E-state index is 9.04. The highest BCUT2D eigenvalue weighted by Gasteiger charge is 2.40. The van der Waals surface area contributed by atoms with Crippen LogP contribution in [0, 0.1) is 23.2 Å². The number of hydrogen-bond donors (Lipinski definition) is 1. The molecule has 0 amide bonds. The number of halogens is 1. The minimum absolute atomic E-state index is 0.00864. The Bertz CT molecular complexity index is 749. The van der Waals surface area contributed by atoms with Crippen LogP contribution in [0.15, 0.2) is 15.5 Å². The highest BCUT2D eigenvalue weighted by atomic mass is 79.9. The molecular weight excluding hydrogens is 404 g/mol. The molecule has 1 saturated heterocycles. The highest BCUT2D eigenvalue weighted by molar-refractivity contribution is 9.09. The van der Waals surface area contributed by atoms with E-state index in [4.69, 9.17) is 9.68 Å². The van der Waals surface area contributed by atoms with Crippen LogP contribution in [0.25, 0.3) is 0 Å². The molecular formula is C21H27BrN4O. The van der Waals surface area contributed by atoms with Gasteiger partial charge in [-0.2, -0.15) is 5.26 Å². The third kappa shape index (κ3) is 3.39. The van der Waals surface area contributed by atoms with Crippen LogP contribution in [-0.4, -0.2) is 42.5 Å². The first-order valence-electron chi connectivity index (χ1n) is 10.4. The second-order valence-electron chi connectivity index (χ2n) is 8.74. The van der Waals surface area contributed by atoms with Crippen LogP contribution in [-0.2, 0) is 0 Å². The van der Waals surface area contributed by atoms with E-state index in [0.29, 0.717) is 17.6 Å². The van der Waals surface area contributed by atoms with Gasteiger partial charge in [-0.05, 0) is 50.4 Å². The van der Waals surface area contributed by atoms with Crippen molar-refractivity contribution in [2.75, 3.05) is 13.1 Å². The lowest BCUT2D eigenvalue weighted by Crippen LogP contribution is -2.46. The predicted molar refractivity (Wildman–Crippen MR) is 108 cm³/mol. The summed E-state index contributed by atoms with van der Waals surface area (Å²) in [4.78, 5) is 7.49. The van der Waals surface area contributed by atoms with E-state index in [1.165, 1.54) is 58.0 Å². The van der Waals surface area contributed by atoms with Crippen LogP contribution in [0.2, 0.25) is 0 Å². The van der Waals surface area contributed by atoms with Crippen molar-refractivity contribution < 1.29 is 4.42 Å². The lowest BCUT2D eigenvalue weighted by atomic mass is 9.89. The summed E-state index contributed by atoms with van der Waals surface area (Å²) in [7, 11) is 0. The number of alkyl halides is 1. The fraction of sp³-hybridized carbons (Fsp3) is 0.714. The molecule has 4 atom stereocenters. The van der Waals surface area contributed by atoms with E-state index >= 15 is 0 Å². The minimum Gasteiger partial charge on any atom is -0.444 e. The summed E-state index contributed by atoms with van der Waals surface area (Å²) in [6, 6.07) is 5.22. The average Bonchev–Trinajstić information content (AvgIpc) is 3.38. The molecule has 2 saturated carbocycles. The Kier molecular flexibility index (Phi) is 4.87. The predicted octanol–water partition coefficient (Wildman–Crippen LogP) is 3.98. The van der Waals surface area contributed by atoms with Gasteiger partial charge in [0, 0.05) is 36.8 Å². The van der Waals surface area contributed by atoms with Gasteiger partial charge in [0.25, 0.3) is 0 Å². The lowest BCUT2D eigenvalue weighted by Gasteiger charge is -2.37. The second-order valence-corrected chi connectivity index (χ2v) is 9.73. The Hall–Kier alpha value is -1.16. The van der Waals surface area contributed by atoms with Gasteiger partial charge in [0.05, 0.1) is 11.0 Å². The van der Waals surface area contributed by atoms with Crippen LogP contribution >= 0.6 is 15.9 Å². The molecule has 4 aliphatic rings. The van der Waals surface area contributed by atoms with Gasteiger partial charge in [0.15, 0.2) is 5.76 Å². The van der Waals surface area contributed by atoms with Crippen molar-refractivity contribution in [1.29, 1.82) is 5.26 Å². The fourth-order valence-corrected chi connectivity index (χ4v) is 6.38. The first kappa shape index (κ1) is 17.9. The summed E-state index contributed by atoms with van der Waals surface area (Å²) < 4.78 is 5.49. The SMILES string of the molecule is N#Cc1cc2c(o1)C=NC(NC1CCC(N3CC4CCCC4C3)CC1)C2Br. The van der Waals surface area contributed by atoms with Gasteiger partial charge >= 0.3 is 0 Å². The molecule has 4 unspecified atom stereocenters. The number of nitriles is 1. The molecule has 5 nitrogen and oxygen atoms in total. The number of rotatable bonds is 3. The summed E-state index contributed by atoms with van der Waals surface area (Å²) >= 11 is 3.76. The molecule has 2 aliphatic heterocycles. The molecule has 6 heteroatoms. The Balaban J connectivity index is 1.15. The molecule has 1 aromatic heterocycles. The third-order valence-electron chi connectivity index (χ3n) is 7.20. The molecule has 3 fully saturated rings. The number of hydrogen-bond acceptors (Lipinski definition) is 5. The third-order valence-corrected chi connectivity index (χ3v) is 8.20. The first-order valence-corrected chi connectivity index (χ1v) is 11.3. The topological polar surface area (TPSA) is 64.6 Å². The zero-order chi connectivity index (χ0) is 18.4. The molecule has 0 radical (unpaired) electrons. The summed E-state index contributed by atoms with van der Waals surface area (Å²) in [6.07, 6.45) is 11.2. The lowest BCUT2D eigenvalue weighted by molar-refractivity contribution is 0.159. The van der Waals surface area contributed by atoms with Gasteiger partial charge in [-0.25, -0.2) is 0 Å². The molecule has 3 heterocycles. The molecule has 144 valence electrons. The van der Waals surface area contributed by atoms with Crippen LogP contribution in [0.1, 0.15) is 66.9 Å². The van der Waals surface area contributed by atoms with Gasteiger partial charge < -0.3 is 4.42 Å².